The van der Waals surface area contributed by atoms with Crippen molar-refractivity contribution in [2.75, 3.05) is 0 Å². The second kappa shape index (κ2) is 6.24. The van der Waals surface area contributed by atoms with E-state index in [2.05, 4.69) is 10.3 Å². The third-order valence-corrected chi connectivity index (χ3v) is 3.24. The first-order valence-corrected chi connectivity index (χ1v) is 6.64. The van der Waals surface area contributed by atoms with E-state index < -0.39 is 0 Å². The molecule has 5 heteroatoms. The Labute approximate surface area is 114 Å². The molecule has 1 aromatic carbocycles. The summed E-state index contributed by atoms with van der Waals surface area (Å²) in [7, 11) is 0. The molecular formula is C14H13FN2OS. The van der Waals surface area contributed by atoms with E-state index in [0.29, 0.717) is 5.56 Å². The van der Waals surface area contributed by atoms with Gasteiger partial charge < -0.3 is 5.32 Å². The van der Waals surface area contributed by atoms with E-state index >= 15 is 0 Å². The van der Waals surface area contributed by atoms with E-state index in [9.17, 15) is 9.18 Å². The van der Waals surface area contributed by atoms with Gasteiger partial charge in [0.15, 0.2) is 0 Å². The number of nitrogens with one attached hydrogen (secondary N) is 1. The van der Waals surface area contributed by atoms with Crippen LogP contribution in [-0.4, -0.2) is 10.9 Å². The van der Waals surface area contributed by atoms with Crippen molar-refractivity contribution in [3.8, 4) is 0 Å². The van der Waals surface area contributed by atoms with Crippen molar-refractivity contribution in [3.63, 3.8) is 0 Å². The fourth-order valence-electron chi connectivity index (χ4n) is 1.50. The predicted octanol–water partition coefficient (Wildman–Crippen LogP) is 2.92. The lowest BCUT2D eigenvalue weighted by molar-refractivity contribution is -0.116. The number of aromatic nitrogens is 1. The minimum absolute atomic E-state index is 0.173. The summed E-state index contributed by atoms with van der Waals surface area (Å²) in [5.41, 5.74) is 1.22. The van der Waals surface area contributed by atoms with Crippen LogP contribution < -0.4 is 5.32 Å². The smallest absolute Gasteiger partial charge is 0.244 e. The Kier molecular flexibility index (Phi) is 4.41. The summed E-state index contributed by atoms with van der Waals surface area (Å²) in [4.78, 5) is 15.8. The van der Waals surface area contributed by atoms with E-state index in [1.165, 1.54) is 23.5 Å². The first-order valence-electron chi connectivity index (χ1n) is 5.76. The van der Waals surface area contributed by atoms with Crippen LogP contribution in [0.4, 0.5) is 4.39 Å². The molecule has 3 nitrogen and oxygen atoms in total. The van der Waals surface area contributed by atoms with Crippen LogP contribution in [0.3, 0.4) is 0 Å². The van der Waals surface area contributed by atoms with Crippen LogP contribution in [0.5, 0.6) is 0 Å². The number of carbonyl (C=O) groups is 1. The molecule has 0 aliphatic carbocycles. The zero-order valence-electron chi connectivity index (χ0n) is 10.4. The Hall–Kier alpha value is -2.01. The Balaban J connectivity index is 1.88. The topological polar surface area (TPSA) is 42.0 Å². The van der Waals surface area contributed by atoms with Gasteiger partial charge in [0.25, 0.3) is 0 Å². The maximum atomic E-state index is 13.3. The van der Waals surface area contributed by atoms with E-state index in [-0.39, 0.29) is 18.3 Å². The van der Waals surface area contributed by atoms with Crippen LogP contribution >= 0.6 is 11.3 Å². The molecule has 1 aromatic heterocycles. The number of thiazole rings is 1. The molecular weight excluding hydrogens is 263 g/mol. The quantitative estimate of drug-likeness (QED) is 0.872. The van der Waals surface area contributed by atoms with Gasteiger partial charge in [-0.05, 0) is 19.1 Å². The minimum Gasteiger partial charge on any atom is -0.348 e. The summed E-state index contributed by atoms with van der Waals surface area (Å²) in [6.45, 7) is 2.08. The average Bonchev–Trinajstić information content (AvgIpc) is 2.81. The number of hydrogen-bond acceptors (Lipinski definition) is 3. The van der Waals surface area contributed by atoms with Gasteiger partial charge in [-0.2, -0.15) is 0 Å². The third kappa shape index (κ3) is 3.99. The number of rotatable bonds is 4. The fourth-order valence-corrected chi connectivity index (χ4v) is 2.08. The molecule has 0 aliphatic rings. The predicted molar refractivity (Wildman–Crippen MR) is 74.1 cm³/mol. The first kappa shape index (κ1) is 13.4. The van der Waals surface area contributed by atoms with Crippen molar-refractivity contribution >= 4 is 23.3 Å². The fraction of sp³-hybridized carbons (Fsp3) is 0.143. The highest BCUT2D eigenvalue weighted by atomic mass is 32.1. The van der Waals surface area contributed by atoms with Gasteiger partial charge >= 0.3 is 0 Å². The molecule has 0 saturated carbocycles. The van der Waals surface area contributed by atoms with Gasteiger partial charge in [0.2, 0.25) is 5.91 Å². The Morgan fingerprint density at radius 2 is 2.26 bits per heavy atom. The van der Waals surface area contributed by atoms with Gasteiger partial charge in [0.1, 0.15) is 5.82 Å². The summed E-state index contributed by atoms with van der Waals surface area (Å²) < 4.78 is 13.3. The van der Waals surface area contributed by atoms with Gasteiger partial charge in [-0.3, -0.25) is 4.79 Å². The van der Waals surface area contributed by atoms with Crippen LogP contribution in [0.25, 0.3) is 6.08 Å². The third-order valence-electron chi connectivity index (χ3n) is 2.45. The number of nitrogens with zero attached hydrogens (tertiary/aromatic N) is 1. The lowest BCUT2D eigenvalue weighted by Gasteiger charge is -2.03. The van der Waals surface area contributed by atoms with Gasteiger partial charge in [-0.25, -0.2) is 9.37 Å². The lowest BCUT2D eigenvalue weighted by Crippen LogP contribution is -2.20. The van der Waals surface area contributed by atoms with E-state index in [1.54, 1.807) is 24.3 Å². The number of carbonyl (C=O) groups excluding carboxylic acids is 1. The molecule has 0 aliphatic heterocycles. The molecule has 0 atom stereocenters. The van der Waals surface area contributed by atoms with Crippen LogP contribution in [0.15, 0.2) is 35.7 Å². The molecule has 0 fully saturated rings. The minimum atomic E-state index is -0.318. The summed E-state index contributed by atoms with van der Waals surface area (Å²) >= 11 is 1.52. The average molecular weight is 276 g/mol. The molecule has 1 heterocycles. The first-order chi connectivity index (χ1) is 9.15. The zero-order chi connectivity index (χ0) is 13.7. The summed E-state index contributed by atoms with van der Waals surface area (Å²) in [5.74, 6) is -0.587. The van der Waals surface area contributed by atoms with E-state index in [1.807, 2.05) is 12.3 Å². The maximum absolute atomic E-state index is 13.3. The van der Waals surface area contributed by atoms with Crippen LogP contribution in [0, 0.1) is 12.7 Å². The molecule has 0 saturated heterocycles. The normalized spacial score (nSPS) is 10.8. The number of benzene rings is 1. The molecule has 1 amide bonds. The van der Waals surface area contributed by atoms with Crippen molar-refractivity contribution in [1.29, 1.82) is 0 Å². The molecule has 0 spiro atoms. The largest absolute Gasteiger partial charge is 0.348 e. The number of amides is 1. The molecule has 2 aromatic rings. The molecule has 19 heavy (non-hydrogen) atoms. The van der Waals surface area contributed by atoms with Gasteiger partial charge in [-0.15, -0.1) is 11.3 Å². The van der Waals surface area contributed by atoms with Crippen molar-refractivity contribution in [2.45, 2.75) is 13.5 Å². The molecule has 0 radical (unpaired) electrons. The van der Waals surface area contributed by atoms with E-state index in [0.717, 1.165) is 10.7 Å². The van der Waals surface area contributed by atoms with Crippen LogP contribution in [0.2, 0.25) is 0 Å². The highest BCUT2D eigenvalue weighted by molar-refractivity contribution is 7.09. The molecule has 0 unspecified atom stereocenters. The molecule has 98 valence electrons. The number of aryl methyl sites for hydroxylation is 1. The highest BCUT2D eigenvalue weighted by Gasteiger charge is 2.02. The van der Waals surface area contributed by atoms with Crippen molar-refractivity contribution in [2.24, 2.45) is 0 Å². The van der Waals surface area contributed by atoms with Crippen molar-refractivity contribution in [1.82, 2.24) is 10.3 Å². The molecule has 2 rings (SSSR count). The van der Waals surface area contributed by atoms with Gasteiger partial charge in [-0.1, -0.05) is 18.2 Å². The summed E-state index contributed by atoms with van der Waals surface area (Å²) in [5, 5.41) is 5.45. The number of halogens is 1. The standard InChI is InChI=1S/C14H13FN2OS/c1-10-17-12(9-19-10)6-7-14(18)16-8-11-4-2-3-5-13(11)15/h2-7,9H,8H2,1H3,(H,16,18)/b7-6+. The highest BCUT2D eigenvalue weighted by Crippen LogP contribution is 2.09. The number of hydrogen-bond donors (Lipinski definition) is 1. The summed E-state index contributed by atoms with van der Waals surface area (Å²) in [6, 6.07) is 6.36. The molecule has 1 N–H and O–H groups in total. The van der Waals surface area contributed by atoms with Gasteiger partial charge in [0, 0.05) is 23.6 Å². The van der Waals surface area contributed by atoms with Gasteiger partial charge in [0.05, 0.1) is 10.7 Å². The molecule has 0 bridgehead atoms. The second-order valence-electron chi connectivity index (χ2n) is 3.93. The van der Waals surface area contributed by atoms with Crippen LogP contribution in [-0.2, 0) is 11.3 Å². The SMILES string of the molecule is Cc1nc(/C=C/C(=O)NCc2ccccc2F)cs1. The Morgan fingerprint density at radius 3 is 2.95 bits per heavy atom. The van der Waals surface area contributed by atoms with E-state index in [4.69, 9.17) is 0 Å². The lowest BCUT2D eigenvalue weighted by atomic mass is 10.2. The van der Waals surface area contributed by atoms with Crippen molar-refractivity contribution in [3.05, 3.63) is 57.8 Å². The Bertz CT molecular complexity index is 607. The second-order valence-corrected chi connectivity index (χ2v) is 5.00. The Morgan fingerprint density at radius 1 is 1.47 bits per heavy atom. The monoisotopic (exact) mass is 276 g/mol. The maximum Gasteiger partial charge on any atom is 0.244 e. The van der Waals surface area contributed by atoms with Crippen molar-refractivity contribution < 1.29 is 9.18 Å². The van der Waals surface area contributed by atoms with Crippen LogP contribution in [0.1, 0.15) is 16.3 Å². The summed E-state index contributed by atoms with van der Waals surface area (Å²) in [6.07, 6.45) is 3.04. The zero-order valence-corrected chi connectivity index (χ0v) is 11.2.